The predicted octanol–water partition coefficient (Wildman–Crippen LogP) is 3.80. The molecule has 0 atom stereocenters. The smallest absolute Gasteiger partial charge is 0.434 e. The number of hydrogen-bond donors (Lipinski definition) is 0. The van der Waals surface area contributed by atoms with Gasteiger partial charge in [-0.2, -0.15) is 0 Å². The average molecular weight is 429 g/mol. The maximum Gasteiger partial charge on any atom is 2.00 e. The van der Waals surface area contributed by atoms with Crippen molar-refractivity contribution in [1.82, 2.24) is 15.0 Å². The first-order chi connectivity index (χ1) is 12.4. The Kier molecular flexibility index (Phi) is 5.85. The minimum atomic E-state index is 0. The fraction of sp³-hybridized carbons (Fsp3) is 0. The molecule has 0 amide bonds. The predicted molar refractivity (Wildman–Crippen MR) is 96.7 cm³/mol. The van der Waals surface area contributed by atoms with Crippen molar-refractivity contribution >= 4 is 5.82 Å². The van der Waals surface area contributed by atoms with E-state index in [0.29, 0.717) is 11.3 Å². The molecule has 0 saturated heterocycles. The summed E-state index contributed by atoms with van der Waals surface area (Å²) in [4.78, 5) is 18.0. The van der Waals surface area contributed by atoms with Crippen molar-refractivity contribution in [2.24, 2.45) is 4.99 Å². The maximum atomic E-state index is 4.59. The molecule has 128 valence electrons. The summed E-state index contributed by atoms with van der Waals surface area (Å²) in [7, 11) is 0. The van der Waals surface area contributed by atoms with Gasteiger partial charge < -0.3 is 15.0 Å². The van der Waals surface area contributed by atoms with Crippen LogP contribution in [-0.4, -0.2) is 9.97 Å². The molecule has 0 radical (unpaired) electrons. The number of nitrogens with zero attached hydrogens (tertiary/aromatic N) is 4. The molecule has 3 aromatic heterocycles. The molecule has 0 fully saturated rings. The van der Waals surface area contributed by atoms with Crippen molar-refractivity contribution < 1.29 is 20.4 Å². The summed E-state index contributed by atoms with van der Waals surface area (Å²) >= 11 is 0. The standard InChI is InChI=1S/C21H14N4.Pd/c1-2-8-16(9-3-1)17-11-6-13-20(23-17)25-21-14-7-12-19(24-21)18-10-4-5-15-22-18;/h1-8,10-15H;/q-2;+2. The largest absolute Gasteiger partial charge is 2.00 e. The SMILES string of the molecule is [Pd+2].[c-]1ccccc1-c1cccc(/N=c2/cccc(-c3ccccn3)[n-]2)n1. The van der Waals surface area contributed by atoms with Crippen LogP contribution in [0.3, 0.4) is 0 Å². The van der Waals surface area contributed by atoms with Gasteiger partial charge in [0.05, 0.1) is 5.69 Å². The van der Waals surface area contributed by atoms with E-state index in [-0.39, 0.29) is 20.4 Å². The molecule has 1 aromatic carbocycles. The Morgan fingerprint density at radius 2 is 1.65 bits per heavy atom. The van der Waals surface area contributed by atoms with E-state index >= 15 is 0 Å². The Balaban J connectivity index is 0.00000196. The van der Waals surface area contributed by atoms with Gasteiger partial charge >= 0.3 is 20.4 Å². The van der Waals surface area contributed by atoms with Crippen LogP contribution in [0, 0.1) is 6.07 Å². The minimum absolute atomic E-state index is 0. The van der Waals surface area contributed by atoms with Crippen LogP contribution in [0.5, 0.6) is 0 Å². The Labute approximate surface area is 165 Å². The van der Waals surface area contributed by atoms with Gasteiger partial charge in [-0.25, -0.2) is 0 Å². The van der Waals surface area contributed by atoms with Crippen LogP contribution in [0.2, 0.25) is 0 Å². The summed E-state index contributed by atoms with van der Waals surface area (Å²) in [6.07, 6.45) is 1.75. The molecule has 0 aliphatic rings. The van der Waals surface area contributed by atoms with Crippen molar-refractivity contribution in [3.05, 3.63) is 96.6 Å². The van der Waals surface area contributed by atoms with Gasteiger partial charge in [-0.05, 0) is 29.6 Å². The van der Waals surface area contributed by atoms with Crippen molar-refractivity contribution in [1.29, 1.82) is 0 Å². The van der Waals surface area contributed by atoms with E-state index in [1.807, 2.05) is 78.9 Å². The zero-order valence-electron chi connectivity index (χ0n) is 13.7. The van der Waals surface area contributed by atoms with E-state index in [1.54, 1.807) is 6.20 Å². The zero-order valence-corrected chi connectivity index (χ0v) is 15.2. The molecular formula is C21H14N4Pd. The first kappa shape index (κ1) is 17.9. The molecule has 4 aromatic rings. The third kappa shape index (κ3) is 4.20. The molecule has 0 unspecified atom stereocenters. The van der Waals surface area contributed by atoms with Gasteiger partial charge in [0.2, 0.25) is 0 Å². The normalized spacial score (nSPS) is 11.0. The topological polar surface area (TPSA) is 52.2 Å². The van der Waals surface area contributed by atoms with Crippen molar-refractivity contribution in [2.45, 2.75) is 0 Å². The van der Waals surface area contributed by atoms with Gasteiger partial charge in [-0.1, -0.05) is 41.9 Å². The molecule has 4 rings (SSSR count). The van der Waals surface area contributed by atoms with Crippen LogP contribution in [0.4, 0.5) is 5.82 Å². The molecule has 4 nitrogen and oxygen atoms in total. The second-order valence-electron chi connectivity index (χ2n) is 5.37. The molecule has 26 heavy (non-hydrogen) atoms. The van der Waals surface area contributed by atoms with E-state index in [2.05, 4.69) is 26.0 Å². The second-order valence-corrected chi connectivity index (χ2v) is 5.37. The summed E-state index contributed by atoms with van der Waals surface area (Å²) in [5.41, 5.74) is 3.98. The third-order valence-electron chi connectivity index (χ3n) is 3.61. The Hall–Kier alpha value is -2.87. The van der Waals surface area contributed by atoms with Crippen LogP contribution in [-0.2, 0) is 20.4 Å². The first-order valence-corrected chi connectivity index (χ1v) is 7.93. The van der Waals surface area contributed by atoms with Crippen LogP contribution in [0.25, 0.3) is 22.6 Å². The molecule has 5 heteroatoms. The van der Waals surface area contributed by atoms with Gasteiger partial charge in [-0.3, -0.25) is 4.98 Å². The fourth-order valence-electron chi connectivity index (χ4n) is 2.45. The van der Waals surface area contributed by atoms with Crippen LogP contribution >= 0.6 is 0 Å². The van der Waals surface area contributed by atoms with Crippen molar-refractivity contribution in [2.75, 3.05) is 0 Å². The molecule has 0 aliphatic heterocycles. The van der Waals surface area contributed by atoms with E-state index < -0.39 is 0 Å². The van der Waals surface area contributed by atoms with Crippen molar-refractivity contribution in [3.63, 3.8) is 0 Å². The monoisotopic (exact) mass is 428 g/mol. The van der Waals surface area contributed by atoms with E-state index in [1.165, 1.54) is 0 Å². The molecule has 0 N–H and O–H groups in total. The van der Waals surface area contributed by atoms with E-state index in [4.69, 9.17) is 0 Å². The molecule has 0 bridgehead atoms. The Bertz CT molecular complexity index is 1040. The van der Waals surface area contributed by atoms with Gasteiger partial charge in [0.25, 0.3) is 0 Å². The quantitative estimate of drug-likeness (QED) is 0.368. The summed E-state index contributed by atoms with van der Waals surface area (Å²) < 4.78 is 0. The number of aromatic nitrogens is 3. The number of pyridine rings is 3. The van der Waals surface area contributed by atoms with Crippen LogP contribution in [0.15, 0.2) is 90.1 Å². The van der Waals surface area contributed by atoms with Crippen LogP contribution in [0.1, 0.15) is 0 Å². The average Bonchev–Trinajstić information content (AvgIpc) is 2.70. The summed E-state index contributed by atoms with van der Waals surface area (Å²) in [5.74, 6) is 0.612. The molecule has 0 saturated carbocycles. The summed E-state index contributed by atoms with van der Waals surface area (Å²) in [6, 6.07) is 28.1. The number of hydrogen-bond acceptors (Lipinski definition) is 3. The fourth-order valence-corrected chi connectivity index (χ4v) is 2.45. The Morgan fingerprint density at radius 3 is 2.46 bits per heavy atom. The van der Waals surface area contributed by atoms with Crippen LogP contribution < -0.4 is 10.5 Å². The van der Waals surface area contributed by atoms with Gasteiger partial charge in [0.15, 0.2) is 0 Å². The molecule has 3 heterocycles. The maximum absolute atomic E-state index is 4.59. The summed E-state index contributed by atoms with van der Waals surface area (Å²) in [6.45, 7) is 0. The molecular weight excluding hydrogens is 415 g/mol. The van der Waals surface area contributed by atoms with E-state index in [0.717, 1.165) is 22.6 Å². The van der Waals surface area contributed by atoms with Gasteiger partial charge in [0.1, 0.15) is 0 Å². The summed E-state index contributed by atoms with van der Waals surface area (Å²) in [5, 5.41) is 0. The zero-order chi connectivity index (χ0) is 16.9. The second kappa shape index (κ2) is 8.48. The molecule has 0 spiro atoms. The first-order valence-electron chi connectivity index (χ1n) is 7.93. The van der Waals surface area contributed by atoms with Crippen molar-refractivity contribution in [3.8, 4) is 22.6 Å². The van der Waals surface area contributed by atoms with E-state index in [9.17, 15) is 0 Å². The van der Waals surface area contributed by atoms with Gasteiger partial charge in [-0.15, -0.1) is 35.9 Å². The number of rotatable bonds is 3. The minimum Gasteiger partial charge on any atom is -0.434 e. The number of benzene rings is 1. The third-order valence-corrected chi connectivity index (χ3v) is 3.61. The Morgan fingerprint density at radius 1 is 0.808 bits per heavy atom. The van der Waals surface area contributed by atoms with Gasteiger partial charge in [0, 0.05) is 12.0 Å². The molecule has 0 aliphatic carbocycles.